The third-order valence-electron chi connectivity index (χ3n) is 4.23. The number of hydrogen-bond donors (Lipinski definition) is 1. The lowest BCUT2D eigenvalue weighted by molar-refractivity contribution is 0.563. The Kier molecular flexibility index (Phi) is 4.05. The van der Waals surface area contributed by atoms with Gasteiger partial charge in [-0.1, -0.05) is 74.3 Å². The molecular formula is C20H18Cl2N4. The number of H-pyrrole nitrogens is 1. The highest BCUT2D eigenvalue weighted by atomic mass is 35.5. The van der Waals surface area contributed by atoms with Crippen molar-refractivity contribution in [2.24, 2.45) is 0 Å². The lowest BCUT2D eigenvalue weighted by Crippen LogP contribution is -2.13. The quantitative estimate of drug-likeness (QED) is 0.459. The highest BCUT2D eigenvalue weighted by Gasteiger charge is 2.26. The molecule has 2 aromatic heterocycles. The van der Waals surface area contributed by atoms with Crippen molar-refractivity contribution in [2.45, 2.75) is 26.2 Å². The number of rotatable bonds is 2. The zero-order valence-corrected chi connectivity index (χ0v) is 16.2. The van der Waals surface area contributed by atoms with Gasteiger partial charge in [0.15, 0.2) is 5.65 Å². The van der Waals surface area contributed by atoms with Gasteiger partial charge in [0.05, 0.1) is 21.4 Å². The second-order valence-electron chi connectivity index (χ2n) is 7.26. The van der Waals surface area contributed by atoms with Crippen molar-refractivity contribution < 1.29 is 0 Å². The van der Waals surface area contributed by atoms with E-state index in [1.165, 1.54) is 0 Å². The molecule has 1 N–H and O–H groups in total. The highest BCUT2D eigenvalue weighted by molar-refractivity contribution is 6.42. The fourth-order valence-corrected chi connectivity index (χ4v) is 3.23. The maximum atomic E-state index is 6.21. The first-order valence-corrected chi connectivity index (χ1v) is 9.10. The summed E-state index contributed by atoms with van der Waals surface area (Å²) in [5, 5.41) is 5.82. The topological polar surface area (TPSA) is 46.5 Å². The molecule has 2 heterocycles. The van der Waals surface area contributed by atoms with E-state index < -0.39 is 0 Å². The minimum Gasteiger partial charge on any atom is -0.335 e. The zero-order chi connectivity index (χ0) is 18.5. The number of halogens is 2. The van der Waals surface area contributed by atoms with Crippen LogP contribution in [0.1, 0.15) is 26.5 Å². The molecule has 0 radical (unpaired) electrons. The Morgan fingerprint density at radius 3 is 2.35 bits per heavy atom. The summed E-state index contributed by atoms with van der Waals surface area (Å²) in [5.41, 5.74) is 4.37. The van der Waals surface area contributed by atoms with Crippen LogP contribution in [0.2, 0.25) is 10.0 Å². The highest BCUT2D eigenvalue weighted by Crippen LogP contribution is 2.33. The van der Waals surface area contributed by atoms with E-state index >= 15 is 0 Å². The van der Waals surface area contributed by atoms with E-state index in [-0.39, 0.29) is 5.41 Å². The Labute approximate surface area is 161 Å². The van der Waals surface area contributed by atoms with Gasteiger partial charge < -0.3 is 4.98 Å². The number of benzene rings is 2. The van der Waals surface area contributed by atoms with E-state index in [1.54, 1.807) is 12.1 Å². The summed E-state index contributed by atoms with van der Waals surface area (Å²) < 4.78 is 1.82. The summed E-state index contributed by atoms with van der Waals surface area (Å²) in [5.74, 6) is 0.817. The Balaban J connectivity index is 1.98. The molecule has 2 aromatic carbocycles. The SMILES string of the molecule is CC(C)(C)c1nn(-c2ccc(Cl)c(Cl)c2)c2nc(-c3ccccc3)[nH]c12. The van der Waals surface area contributed by atoms with Gasteiger partial charge in [-0.2, -0.15) is 5.10 Å². The van der Waals surface area contributed by atoms with Crippen LogP contribution in [0.25, 0.3) is 28.2 Å². The average molecular weight is 385 g/mol. The molecule has 4 aromatic rings. The van der Waals surface area contributed by atoms with E-state index in [2.05, 4.69) is 25.8 Å². The van der Waals surface area contributed by atoms with Gasteiger partial charge in [0.2, 0.25) is 0 Å². The van der Waals surface area contributed by atoms with Crippen LogP contribution < -0.4 is 0 Å². The van der Waals surface area contributed by atoms with E-state index in [1.807, 2.05) is 41.1 Å². The second-order valence-corrected chi connectivity index (χ2v) is 8.07. The lowest BCUT2D eigenvalue weighted by atomic mass is 9.92. The molecule has 6 heteroatoms. The van der Waals surface area contributed by atoms with Crippen molar-refractivity contribution in [3.8, 4) is 17.1 Å². The van der Waals surface area contributed by atoms with E-state index in [0.29, 0.717) is 10.0 Å². The van der Waals surface area contributed by atoms with Crippen molar-refractivity contribution in [2.75, 3.05) is 0 Å². The molecule has 0 aliphatic heterocycles. The van der Waals surface area contributed by atoms with Crippen LogP contribution in [-0.2, 0) is 5.41 Å². The van der Waals surface area contributed by atoms with Crippen LogP contribution in [0.5, 0.6) is 0 Å². The van der Waals surface area contributed by atoms with Crippen molar-refractivity contribution in [3.63, 3.8) is 0 Å². The molecule has 4 nitrogen and oxygen atoms in total. The number of aromatic amines is 1. The Bertz CT molecular complexity index is 1090. The van der Waals surface area contributed by atoms with Crippen molar-refractivity contribution in [1.82, 2.24) is 19.7 Å². The maximum Gasteiger partial charge on any atom is 0.181 e. The number of nitrogens with zero attached hydrogens (tertiary/aromatic N) is 3. The summed E-state index contributed by atoms with van der Waals surface area (Å²) >= 11 is 12.3. The van der Waals surface area contributed by atoms with Gasteiger partial charge >= 0.3 is 0 Å². The maximum absolute atomic E-state index is 6.21. The standard InChI is InChI=1S/C20H18Cl2N4/c1-20(2,3)17-16-19(24-18(23-16)12-7-5-4-6-8-12)26(25-17)13-9-10-14(21)15(22)11-13/h4-11H,1-3H3,(H,23,24). The number of hydrogen-bond acceptors (Lipinski definition) is 2. The predicted molar refractivity (Wildman–Crippen MR) is 107 cm³/mol. The van der Waals surface area contributed by atoms with E-state index in [0.717, 1.165) is 33.9 Å². The van der Waals surface area contributed by atoms with E-state index in [4.69, 9.17) is 33.3 Å². The largest absolute Gasteiger partial charge is 0.335 e. The Morgan fingerprint density at radius 2 is 1.69 bits per heavy atom. The average Bonchev–Trinajstić information content (AvgIpc) is 3.17. The minimum absolute atomic E-state index is 0.139. The van der Waals surface area contributed by atoms with Crippen LogP contribution in [-0.4, -0.2) is 19.7 Å². The molecule has 0 saturated carbocycles. The molecule has 0 aliphatic rings. The Morgan fingerprint density at radius 1 is 0.962 bits per heavy atom. The zero-order valence-electron chi connectivity index (χ0n) is 14.7. The first-order valence-electron chi connectivity index (χ1n) is 8.34. The fraction of sp³-hybridized carbons (Fsp3) is 0.200. The third-order valence-corrected chi connectivity index (χ3v) is 4.97. The summed E-state index contributed by atoms with van der Waals surface area (Å²) in [6, 6.07) is 15.5. The van der Waals surface area contributed by atoms with Crippen LogP contribution in [0.4, 0.5) is 0 Å². The van der Waals surface area contributed by atoms with Crippen molar-refractivity contribution in [3.05, 3.63) is 64.3 Å². The van der Waals surface area contributed by atoms with Gasteiger partial charge in [0.25, 0.3) is 0 Å². The molecule has 0 fully saturated rings. The van der Waals surface area contributed by atoms with Crippen molar-refractivity contribution >= 4 is 34.4 Å². The molecule has 0 bridgehead atoms. The molecule has 4 rings (SSSR count). The summed E-state index contributed by atoms with van der Waals surface area (Å²) in [7, 11) is 0. The molecule has 0 unspecified atom stereocenters. The van der Waals surface area contributed by atoms with Crippen LogP contribution in [0, 0.1) is 0 Å². The number of fused-ring (bicyclic) bond motifs is 1. The second kappa shape index (κ2) is 6.15. The Hall–Kier alpha value is -2.30. The molecule has 0 atom stereocenters. The first kappa shape index (κ1) is 17.1. The van der Waals surface area contributed by atoms with Crippen LogP contribution >= 0.6 is 23.2 Å². The molecule has 132 valence electrons. The number of aromatic nitrogens is 4. The van der Waals surface area contributed by atoms with Crippen molar-refractivity contribution in [1.29, 1.82) is 0 Å². The smallest absolute Gasteiger partial charge is 0.181 e. The number of nitrogens with one attached hydrogen (secondary N) is 1. The summed E-state index contributed by atoms with van der Waals surface area (Å²) in [6.07, 6.45) is 0. The third kappa shape index (κ3) is 2.89. The number of imidazole rings is 1. The monoisotopic (exact) mass is 384 g/mol. The fourth-order valence-electron chi connectivity index (χ4n) is 2.93. The van der Waals surface area contributed by atoms with Gasteiger partial charge in [-0.3, -0.25) is 0 Å². The lowest BCUT2D eigenvalue weighted by Gasteiger charge is -2.15. The van der Waals surface area contributed by atoms with Gasteiger partial charge in [-0.05, 0) is 18.2 Å². The molecule has 0 spiro atoms. The molecule has 0 aliphatic carbocycles. The van der Waals surface area contributed by atoms with Gasteiger partial charge in [-0.15, -0.1) is 0 Å². The first-order chi connectivity index (χ1) is 12.3. The molecule has 0 amide bonds. The minimum atomic E-state index is -0.139. The predicted octanol–water partition coefficient (Wildman–Crippen LogP) is 6.02. The van der Waals surface area contributed by atoms with Gasteiger partial charge in [-0.25, -0.2) is 9.67 Å². The van der Waals surface area contributed by atoms with Gasteiger partial charge in [0.1, 0.15) is 11.3 Å². The van der Waals surface area contributed by atoms with E-state index in [9.17, 15) is 0 Å². The molecule has 0 saturated heterocycles. The summed E-state index contributed by atoms with van der Waals surface area (Å²) in [6.45, 7) is 6.41. The summed E-state index contributed by atoms with van der Waals surface area (Å²) in [4.78, 5) is 8.26. The van der Waals surface area contributed by atoms with Crippen LogP contribution in [0.3, 0.4) is 0 Å². The van der Waals surface area contributed by atoms with Gasteiger partial charge in [0, 0.05) is 11.0 Å². The molecule has 26 heavy (non-hydrogen) atoms. The normalized spacial score (nSPS) is 12.0. The van der Waals surface area contributed by atoms with Crippen LogP contribution in [0.15, 0.2) is 48.5 Å². The molecular weight excluding hydrogens is 367 g/mol.